The Balaban J connectivity index is 0.000000318. The molecule has 0 atom stereocenters. The fourth-order valence-corrected chi connectivity index (χ4v) is 3.08. The predicted octanol–water partition coefficient (Wildman–Crippen LogP) is 4.09. The maximum absolute atomic E-state index is 11.5. The summed E-state index contributed by atoms with van der Waals surface area (Å²) in [4.78, 5) is 32.4. The van der Waals surface area contributed by atoms with E-state index < -0.39 is 18.1 Å². The topological polar surface area (TPSA) is 122 Å². The van der Waals surface area contributed by atoms with Gasteiger partial charge < -0.3 is 15.8 Å². The van der Waals surface area contributed by atoms with E-state index in [4.69, 9.17) is 15.6 Å². The molecular formula is C19H13F3N4O3S. The molecule has 11 heteroatoms. The predicted molar refractivity (Wildman–Crippen MR) is 105 cm³/mol. The van der Waals surface area contributed by atoms with Crippen molar-refractivity contribution < 1.29 is 27.9 Å². The number of nitrogens with one attached hydrogen (secondary N) is 1. The summed E-state index contributed by atoms with van der Waals surface area (Å²) in [6.07, 6.45) is -5.08. The van der Waals surface area contributed by atoms with Crippen molar-refractivity contribution >= 4 is 34.2 Å². The van der Waals surface area contributed by atoms with E-state index in [2.05, 4.69) is 15.0 Å². The van der Waals surface area contributed by atoms with Crippen molar-refractivity contribution in [2.45, 2.75) is 6.18 Å². The number of carbonyl (C=O) groups is 2. The second kappa shape index (κ2) is 8.33. The Morgan fingerprint density at radius 3 is 2.23 bits per heavy atom. The number of carboxylic acids is 1. The Bertz CT molecular complexity index is 1190. The van der Waals surface area contributed by atoms with Gasteiger partial charge in [0.15, 0.2) is 0 Å². The van der Waals surface area contributed by atoms with E-state index in [1.54, 1.807) is 23.5 Å². The highest BCUT2D eigenvalue weighted by Crippen LogP contribution is 2.26. The molecule has 0 fully saturated rings. The number of hydrogen-bond donors (Lipinski definition) is 3. The number of rotatable bonds is 3. The van der Waals surface area contributed by atoms with Gasteiger partial charge in [-0.15, -0.1) is 11.3 Å². The first-order valence-electron chi connectivity index (χ1n) is 8.24. The second-order valence-corrected chi connectivity index (χ2v) is 6.62. The van der Waals surface area contributed by atoms with Gasteiger partial charge in [0, 0.05) is 16.5 Å². The van der Waals surface area contributed by atoms with Crippen LogP contribution in [-0.2, 0) is 4.79 Å². The van der Waals surface area contributed by atoms with Crippen molar-refractivity contribution in [2.24, 2.45) is 5.73 Å². The molecule has 1 amide bonds. The maximum Gasteiger partial charge on any atom is 0.490 e. The highest BCUT2D eigenvalue weighted by Gasteiger charge is 2.38. The Labute approximate surface area is 171 Å². The van der Waals surface area contributed by atoms with E-state index in [0.29, 0.717) is 16.9 Å². The third-order valence-electron chi connectivity index (χ3n) is 3.91. The third-order valence-corrected chi connectivity index (χ3v) is 4.49. The number of aromatic amines is 1. The lowest BCUT2D eigenvalue weighted by atomic mass is 10.1. The molecule has 2 aromatic heterocycles. The van der Waals surface area contributed by atoms with Gasteiger partial charge in [-0.1, -0.05) is 30.3 Å². The fourth-order valence-electron chi connectivity index (χ4n) is 2.52. The Morgan fingerprint density at radius 1 is 1.07 bits per heavy atom. The van der Waals surface area contributed by atoms with Gasteiger partial charge in [-0.3, -0.25) is 4.79 Å². The van der Waals surface area contributed by atoms with Crippen LogP contribution < -0.4 is 5.73 Å². The number of benzene rings is 2. The van der Waals surface area contributed by atoms with Crippen LogP contribution in [0.2, 0.25) is 0 Å². The van der Waals surface area contributed by atoms with Gasteiger partial charge in [0.05, 0.1) is 22.3 Å². The first-order chi connectivity index (χ1) is 14.2. The number of hydrogen-bond acceptors (Lipinski definition) is 5. The van der Waals surface area contributed by atoms with Crippen LogP contribution in [-0.4, -0.2) is 38.1 Å². The van der Waals surface area contributed by atoms with E-state index in [9.17, 15) is 18.0 Å². The van der Waals surface area contributed by atoms with Crippen molar-refractivity contribution in [1.29, 1.82) is 0 Å². The van der Waals surface area contributed by atoms with E-state index in [1.807, 2.05) is 41.2 Å². The molecule has 2 aromatic carbocycles. The van der Waals surface area contributed by atoms with Gasteiger partial charge >= 0.3 is 12.1 Å². The molecule has 0 bridgehead atoms. The zero-order chi connectivity index (χ0) is 21.9. The molecule has 0 unspecified atom stereocenters. The van der Waals surface area contributed by atoms with Gasteiger partial charge in [-0.2, -0.15) is 13.2 Å². The van der Waals surface area contributed by atoms with Crippen LogP contribution in [0.4, 0.5) is 13.2 Å². The summed E-state index contributed by atoms with van der Waals surface area (Å²) >= 11 is 1.57. The van der Waals surface area contributed by atoms with E-state index in [1.165, 1.54) is 0 Å². The van der Waals surface area contributed by atoms with E-state index in [0.717, 1.165) is 22.3 Å². The number of thiazole rings is 1. The lowest BCUT2D eigenvalue weighted by Crippen LogP contribution is -2.21. The number of alkyl halides is 3. The molecule has 4 aromatic rings. The van der Waals surface area contributed by atoms with Gasteiger partial charge in [0.1, 0.15) is 11.3 Å². The molecule has 154 valence electrons. The van der Waals surface area contributed by atoms with Crippen molar-refractivity contribution in [2.75, 3.05) is 0 Å². The fraction of sp³-hybridized carbons (Fsp3) is 0.0526. The summed E-state index contributed by atoms with van der Waals surface area (Å²) in [5.41, 5.74) is 12.0. The summed E-state index contributed by atoms with van der Waals surface area (Å²) in [6.45, 7) is 0. The summed E-state index contributed by atoms with van der Waals surface area (Å²) in [5.74, 6) is -2.53. The lowest BCUT2D eigenvalue weighted by molar-refractivity contribution is -0.192. The molecule has 0 spiro atoms. The number of amides is 1. The van der Waals surface area contributed by atoms with Crippen LogP contribution in [0.15, 0.2) is 53.4 Å². The minimum atomic E-state index is -5.08. The van der Waals surface area contributed by atoms with Crippen LogP contribution in [0.3, 0.4) is 0 Å². The molecule has 0 aliphatic rings. The molecule has 4 N–H and O–H groups in total. The number of para-hydroxylation sites is 1. The first-order valence-corrected chi connectivity index (χ1v) is 9.18. The van der Waals surface area contributed by atoms with Crippen LogP contribution >= 0.6 is 11.3 Å². The van der Waals surface area contributed by atoms with Gasteiger partial charge in [0.2, 0.25) is 0 Å². The highest BCUT2D eigenvalue weighted by atomic mass is 32.1. The number of nitrogens with zero attached hydrogens (tertiary/aromatic N) is 2. The molecule has 0 radical (unpaired) electrons. The lowest BCUT2D eigenvalue weighted by Gasteiger charge is -1.99. The number of H-pyrrole nitrogens is 1. The zero-order valence-corrected chi connectivity index (χ0v) is 15.8. The summed E-state index contributed by atoms with van der Waals surface area (Å²) in [7, 11) is 0. The molecule has 0 saturated carbocycles. The highest BCUT2D eigenvalue weighted by molar-refractivity contribution is 7.07. The summed E-state index contributed by atoms with van der Waals surface area (Å²) in [5, 5.41) is 9.13. The quantitative estimate of drug-likeness (QED) is 0.448. The number of aromatic nitrogens is 3. The van der Waals surface area contributed by atoms with E-state index in [-0.39, 0.29) is 0 Å². The Hall–Kier alpha value is -3.73. The SMILES string of the molecule is NC(=O)c1cccc2[nH]c(-c3ccc(-c4cscn4)cc3)nc12.O=C(O)C(F)(F)F. The normalized spacial score (nSPS) is 11.0. The number of nitrogens with two attached hydrogens (primary N) is 1. The molecule has 0 saturated heterocycles. The van der Waals surface area contributed by atoms with Crippen molar-refractivity contribution in [3.8, 4) is 22.6 Å². The molecule has 30 heavy (non-hydrogen) atoms. The van der Waals surface area contributed by atoms with Gasteiger partial charge in [0.25, 0.3) is 5.91 Å². The molecular weight excluding hydrogens is 421 g/mol. The molecule has 2 heterocycles. The summed E-state index contributed by atoms with van der Waals surface area (Å²) < 4.78 is 31.7. The maximum atomic E-state index is 11.5. The number of carbonyl (C=O) groups excluding carboxylic acids is 1. The van der Waals surface area contributed by atoms with Crippen LogP contribution in [0.25, 0.3) is 33.7 Å². The number of fused-ring (bicyclic) bond motifs is 1. The van der Waals surface area contributed by atoms with Gasteiger partial charge in [-0.05, 0) is 12.1 Å². The smallest absolute Gasteiger partial charge is 0.475 e. The largest absolute Gasteiger partial charge is 0.490 e. The minimum absolute atomic E-state index is 0.420. The Kier molecular flexibility index (Phi) is 5.83. The van der Waals surface area contributed by atoms with Gasteiger partial charge in [-0.25, -0.2) is 14.8 Å². The first kappa shape index (κ1) is 21.0. The molecule has 4 rings (SSSR count). The number of imidazole rings is 1. The monoisotopic (exact) mass is 434 g/mol. The summed E-state index contributed by atoms with van der Waals surface area (Å²) in [6, 6.07) is 13.3. The van der Waals surface area contributed by atoms with Crippen molar-refractivity contribution in [3.05, 3.63) is 58.9 Å². The van der Waals surface area contributed by atoms with Crippen LogP contribution in [0, 0.1) is 0 Å². The average Bonchev–Trinajstić information content (AvgIpc) is 3.37. The number of primary amides is 1. The van der Waals surface area contributed by atoms with E-state index >= 15 is 0 Å². The molecule has 0 aliphatic heterocycles. The number of carboxylic acid groups (broad SMARTS) is 1. The molecule has 7 nitrogen and oxygen atoms in total. The number of aliphatic carboxylic acids is 1. The Morgan fingerprint density at radius 2 is 1.70 bits per heavy atom. The van der Waals surface area contributed by atoms with Crippen molar-refractivity contribution in [3.63, 3.8) is 0 Å². The standard InChI is InChI=1S/C17H12N4OS.C2HF3O2/c18-16(22)12-2-1-3-13-15(12)21-17(20-13)11-6-4-10(5-7-11)14-8-23-9-19-14;3-2(4,5)1(6)7/h1-9H,(H2,18,22)(H,20,21);(H,6,7). The third kappa shape index (κ3) is 4.63. The number of halogens is 3. The average molecular weight is 434 g/mol. The minimum Gasteiger partial charge on any atom is -0.475 e. The van der Waals surface area contributed by atoms with Crippen molar-refractivity contribution in [1.82, 2.24) is 15.0 Å². The zero-order valence-electron chi connectivity index (χ0n) is 15.0. The van der Waals surface area contributed by atoms with Crippen LogP contribution in [0.1, 0.15) is 10.4 Å². The molecule has 0 aliphatic carbocycles. The van der Waals surface area contributed by atoms with Crippen LogP contribution in [0.5, 0.6) is 0 Å². The second-order valence-electron chi connectivity index (χ2n) is 5.91.